The minimum Gasteiger partial charge on any atom is -0.462 e. The molecule has 0 aliphatic carbocycles. The van der Waals surface area contributed by atoms with E-state index >= 15 is 0 Å². The second-order valence-electron chi connectivity index (χ2n) is 5.98. The summed E-state index contributed by atoms with van der Waals surface area (Å²) in [6.45, 7) is 3.60. The number of carbonyl (C=O) groups excluding carboxylic acids is 4. The quantitative estimate of drug-likeness (QED) is 0.571. The molecule has 8 nitrogen and oxygen atoms in total. The zero-order chi connectivity index (χ0) is 21.4. The molecule has 3 amide bonds. The van der Waals surface area contributed by atoms with E-state index in [0.717, 1.165) is 11.3 Å². The Kier molecular flexibility index (Phi) is 7.90. The monoisotopic (exact) mass is 417 g/mol. The van der Waals surface area contributed by atoms with Crippen LogP contribution in [0.1, 0.15) is 49.3 Å². The molecular formula is C20H23N3O5S. The summed E-state index contributed by atoms with van der Waals surface area (Å²) in [6, 6.07) is 8.66. The molecule has 0 saturated heterocycles. The number of amides is 3. The van der Waals surface area contributed by atoms with Gasteiger partial charge in [0.2, 0.25) is 5.91 Å². The van der Waals surface area contributed by atoms with Crippen molar-refractivity contribution in [1.82, 2.24) is 10.6 Å². The van der Waals surface area contributed by atoms with Crippen molar-refractivity contribution in [2.45, 2.75) is 20.3 Å². The average Bonchev–Trinajstić information content (AvgIpc) is 3.03. The van der Waals surface area contributed by atoms with Crippen molar-refractivity contribution in [3.05, 3.63) is 51.9 Å². The lowest BCUT2D eigenvalue weighted by Crippen LogP contribution is -2.27. The smallest absolute Gasteiger partial charge is 0.341 e. The normalized spacial score (nSPS) is 10.2. The van der Waals surface area contributed by atoms with Gasteiger partial charge in [0.05, 0.1) is 17.0 Å². The number of ether oxygens (including phenoxy) is 1. The highest BCUT2D eigenvalue weighted by Gasteiger charge is 2.26. The van der Waals surface area contributed by atoms with E-state index in [0.29, 0.717) is 16.0 Å². The fraction of sp³-hybridized carbons (Fsp3) is 0.300. The molecule has 0 fully saturated rings. The molecule has 0 bridgehead atoms. The van der Waals surface area contributed by atoms with Gasteiger partial charge in [-0.05, 0) is 31.5 Å². The van der Waals surface area contributed by atoms with Crippen LogP contribution in [0, 0.1) is 6.92 Å². The summed E-state index contributed by atoms with van der Waals surface area (Å²) in [7, 11) is 1.49. The van der Waals surface area contributed by atoms with Gasteiger partial charge in [-0.15, -0.1) is 11.3 Å². The standard InChI is InChI=1S/C20H23N3O5S/c1-4-28-20(27)15-12(2)16(18(26)21-3)29-19(15)23-14(24)10-11-22-17(25)13-8-6-5-7-9-13/h5-9H,4,10-11H2,1-3H3,(H,21,26)(H,22,25)(H,23,24). The minimum absolute atomic E-state index is 0.00704. The summed E-state index contributed by atoms with van der Waals surface area (Å²) in [6.07, 6.45) is 0.00704. The zero-order valence-corrected chi connectivity index (χ0v) is 17.3. The molecule has 1 aromatic carbocycles. The summed E-state index contributed by atoms with van der Waals surface area (Å²) in [5, 5.41) is 8.07. The van der Waals surface area contributed by atoms with Crippen molar-refractivity contribution in [2.24, 2.45) is 0 Å². The molecule has 2 rings (SSSR count). The molecule has 9 heteroatoms. The molecule has 2 aromatic rings. The van der Waals surface area contributed by atoms with Crippen LogP contribution in [0.25, 0.3) is 0 Å². The van der Waals surface area contributed by atoms with Crippen LogP contribution in [0.15, 0.2) is 30.3 Å². The van der Waals surface area contributed by atoms with E-state index in [1.54, 1.807) is 44.2 Å². The topological polar surface area (TPSA) is 114 Å². The molecule has 29 heavy (non-hydrogen) atoms. The maximum Gasteiger partial charge on any atom is 0.341 e. The molecule has 0 radical (unpaired) electrons. The lowest BCUT2D eigenvalue weighted by molar-refractivity contribution is -0.116. The summed E-state index contributed by atoms with van der Waals surface area (Å²) in [5.41, 5.74) is 1.11. The minimum atomic E-state index is -0.607. The van der Waals surface area contributed by atoms with Crippen LogP contribution >= 0.6 is 11.3 Å². The van der Waals surface area contributed by atoms with Crippen molar-refractivity contribution in [3.63, 3.8) is 0 Å². The van der Waals surface area contributed by atoms with E-state index in [1.165, 1.54) is 7.05 Å². The number of nitrogens with one attached hydrogen (secondary N) is 3. The fourth-order valence-electron chi connectivity index (χ4n) is 2.55. The van der Waals surface area contributed by atoms with Crippen LogP contribution in [-0.2, 0) is 9.53 Å². The van der Waals surface area contributed by atoms with Crippen LogP contribution in [0.3, 0.4) is 0 Å². The molecular weight excluding hydrogens is 394 g/mol. The van der Waals surface area contributed by atoms with Gasteiger partial charge in [0.25, 0.3) is 11.8 Å². The van der Waals surface area contributed by atoms with Gasteiger partial charge in [-0.2, -0.15) is 0 Å². The molecule has 0 unspecified atom stereocenters. The second-order valence-corrected chi connectivity index (χ2v) is 7.00. The summed E-state index contributed by atoms with van der Waals surface area (Å²) < 4.78 is 5.05. The fourth-order valence-corrected chi connectivity index (χ4v) is 3.71. The maximum atomic E-state index is 12.3. The second kappa shape index (κ2) is 10.4. The zero-order valence-electron chi connectivity index (χ0n) is 16.5. The molecule has 0 atom stereocenters. The van der Waals surface area contributed by atoms with E-state index in [4.69, 9.17) is 4.74 Å². The van der Waals surface area contributed by atoms with E-state index in [1.807, 2.05) is 0 Å². The molecule has 0 aliphatic heterocycles. The Morgan fingerprint density at radius 2 is 1.76 bits per heavy atom. The van der Waals surface area contributed by atoms with Gasteiger partial charge >= 0.3 is 5.97 Å². The first-order valence-corrected chi connectivity index (χ1v) is 9.86. The van der Waals surface area contributed by atoms with Gasteiger partial charge in [0.15, 0.2) is 0 Å². The molecule has 0 saturated carbocycles. The highest BCUT2D eigenvalue weighted by atomic mass is 32.1. The van der Waals surface area contributed by atoms with E-state index in [-0.39, 0.29) is 42.0 Å². The molecule has 0 spiro atoms. The third-order valence-corrected chi connectivity index (χ3v) is 5.19. The first-order chi connectivity index (χ1) is 13.9. The first-order valence-electron chi connectivity index (χ1n) is 9.04. The Labute approximate surface area is 172 Å². The maximum absolute atomic E-state index is 12.3. The molecule has 3 N–H and O–H groups in total. The number of anilines is 1. The number of hydrogen-bond acceptors (Lipinski definition) is 6. The Morgan fingerprint density at radius 3 is 2.38 bits per heavy atom. The van der Waals surface area contributed by atoms with E-state index in [2.05, 4.69) is 16.0 Å². The Morgan fingerprint density at radius 1 is 1.07 bits per heavy atom. The van der Waals surface area contributed by atoms with Gasteiger partial charge in [-0.3, -0.25) is 14.4 Å². The summed E-state index contributed by atoms with van der Waals surface area (Å²) in [5.74, 6) is -1.63. The van der Waals surface area contributed by atoms with Crippen LogP contribution in [0.4, 0.5) is 5.00 Å². The highest BCUT2D eigenvalue weighted by molar-refractivity contribution is 7.18. The Bertz CT molecular complexity index is 908. The predicted octanol–water partition coefficient (Wildman–Crippen LogP) is 2.35. The number of esters is 1. The lowest BCUT2D eigenvalue weighted by Gasteiger charge is -2.08. The van der Waals surface area contributed by atoms with Crippen LogP contribution in [-0.4, -0.2) is 43.9 Å². The van der Waals surface area contributed by atoms with Crippen molar-refractivity contribution in [3.8, 4) is 0 Å². The third kappa shape index (κ3) is 5.64. The largest absolute Gasteiger partial charge is 0.462 e. The highest BCUT2D eigenvalue weighted by Crippen LogP contribution is 2.33. The Hall–Kier alpha value is -3.20. The van der Waals surface area contributed by atoms with Crippen molar-refractivity contribution >= 4 is 40.0 Å². The average molecular weight is 417 g/mol. The van der Waals surface area contributed by atoms with Crippen LogP contribution in [0.5, 0.6) is 0 Å². The number of thiophene rings is 1. The van der Waals surface area contributed by atoms with Gasteiger partial charge < -0.3 is 20.7 Å². The summed E-state index contributed by atoms with van der Waals surface area (Å²) >= 11 is 1.01. The molecule has 1 aromatic heterocycles. The van der Waals surface area contributed by atoms with E-state index < -0.39 is 11.9 Å². The molecule has 154 valence electrons. The first kappa shape index (κ1) is 22.1. The van der Waals surface area contributed by atoms with E-state index in [9.17, 15) is 19.2 Å². The van der Waals surface area contributed by atoms with Gasteiger partial charge in [0, 0.05) is 25.6 Å². The van der Waals surface area contributed by atoms with Crippen molar-refractivity contribution in [1.29, 1.82) is 0 Å². The van der Waals surface area contributed by atoms with Gasteiger partial charge in [-0.25, -0.2) is 4.79 Å². The SMILES string of the molecule is CCOC(=O)c1c(NC(=O)CCNC(=O)c2ccccc2)sc(C(=O)NC)c1C. The van der Waals surface area contributed by atoms with Gasteiger partial charge in [-0.1, -0.05) is 18.2 Å². The summed E-state index contributed by atoms with van der Waals surface area (Å²) in [4.78, 5) is 49.0. The van der Waals surface area contributed by atoms with Crippen molar-refractivity contribution < 1.29 is 23.9 Å². The molecule has 0 aliphatic rings. The third-order valence-electron chi connectivity index (χ3n) is 3.99. The van der Waals surface area contributed by atoms with Crippen LogP contribution < -0.4 is 16.0 Å². The van der Waals surface area contributed by atoms with Crippen LogP contribution in [0.2, 0.25) is 0 Å². The predicted molar refractivity (Wildman–Crippen MR) is 110 cm³/mol. The Balaban J connectivity index is 2.05. The number of carbonyl (C=O) groups is 4. The number of rotatable bonds is 8. The van der Waals surface area contributed by atoms with Gasteiger partial charge in [0.1, 0.15) is 5.00 Å². The lowest BCUT2D eigenvalue weighted by atomic mass is 10.1. The number of hydrogen-bond donors (Lipinski definition) is 3. The van der Waals surface area contributed by atoms with Crippen molar-refractivity contribution in [2.75, 3.05) is 25.5 Å². The number of benzene rings is 1. The molecule has 1 heterocycles.